The lowest BCUT2D eigenvalue weighted by Crippen LogP contribution is -1.95. The maximum Gasteiger partial charge on any atom is 0.323 e. The van der Waals surface area contributed by atoms with Gasteiger partial charge in [0.05, 0.1) is 12.4 Å². The van der Waals surface area contributed by atoms with Crippen LogP contribution in [-0.4, -0.2) is 19.7 Å². The van der Waals surface area contributed by atoms with Gasteiger partial charge < -0.3 is 10.5 Å². The van der Waals surface area contributed by atoms with Gasteiger partial charge in [-0.25, -0.2) is 4.98 Å². The molecule has 72 valence electrons. The first-order valence-corrected chi connectivity index (χ1v) is 3.99. The highest BCUT2D eigenvalue weighted by atomic mass is 16.5. The van der Waals surface area contributed by atoms with Gasteiger partial charge in [-0.15, -0.1) is 0 Å². The highest BCUT2D eigenvalue weighted by molar-refractivity contribution is 5.28. The Morgan fingerprint density at radius 3 is 3.00 bits per heavy atom. The van der Waals surface area contributed by atoms with Crippen molar-refractivity contribution >= 4 is 5.82 Å². The van der Waals surface area contributed by atoms with Crippen LogP contribution in [0.15, 0.2) is 24.7 Å². The topological polar surface area (TPSA) is 78.9 Å². The standard InChI is InChI=1S/C8H9N5O/c1-13-5-6(4-11-13)14-8-10-3-2-7(9)12-8/h2-5H,1H3,(H2,9,10,12). The minimum Gasteiger partial charge on any atom is -0.421 e. The molecule has 0 unspecified atom stereocenters. The number of hydrogen-bond acceptors (Lipinski definition) is 5. The highest BCUT2D eigenvalue weighted by Crippen LogP contribution is 2.15. The molecule has 14 heavy (non-hydrogen) atoms. The van der Waals surface area contributed by atoms with Gasteiger partial charge in [0.2, 0.25) is 0 Å². The summed E-state index contributed by atoms with van der Waals surface area (Å²) in [5.74, 6) is 0.956. The van der Waals surface area contributed by atoms with Crippen molar-refractivity contribution in [3.05, 3.63) is 24.7 Å². The molecule has 0 atom stereocenters. The van der Waals surface area contributed by atoms with Crippen molar-refractivity contribution in [3.8, 4) is 11.8 Å². The van der Waals surface area contributed by atoms with E-state index in [9.17, 15) is 0 Å². The van der Waals surface area contributed by atoms with Crippen LogP contribution in [0.1, 0.15) is 0 Å². The fraction of sp³-hybridized carbons (Fsp3) is 0.125. The average molecular weight is 191 g/mol. The zero-order valence-corrected chi connectivity index (χ0v) is 7.58. The third-order valence-corrected chi connectivity index (χ3v) is 1.55. The Kier molecular flexibility index (Phi) is 2.02. The van der Waals surface area contributed by atoms with Crippen LogP contribution in [0, 0.1) is 0 Å². The van der Waals surface area contributed by atoms with Crippen molar-refractivity contribution < 1.29 is 4.74 Å². The number of aromatic nitrogens is 4. The number of anilines is 1. The molecular weight excluding hydrogens is 182 g/mol. The predicted molar refractivity (Wildman–Crippen MR) is 49.7 cm³/mol. The minimum atomic E-state index is 0.220. The van der Waals surface area contributed by atoms with Crippen LogP contribution >= 0.6 is 0 Å². The van der Waals surface area contributed by atoms with Crippen LogP contribution in [0.5, 0.6) is 11.8 Å². The van der Waals surface area contributed by atoms with Gasteiger partial charge in [0.25, 0.3) is 0 Å². The molecule has 0 saturated heterocycles. The Hall–Kier alpha value is -2.11. The van der Waals surface area contributed by atoms with E-state index in [4.69, 9.17) is 10.5 Å². The first-order valence-electron chi connectivity index (χ1n) is 3.99. The molecule has 0 bridgehead atoms. The molecule has 0 saturated carbocycles. The van der Waals surface area contributed by atoms with Crippen molar-refractivity contribution in [1.82, 2.24) is 19.7 Å². The molecule has 0 fully saturated rings. The van der Waals surface area contributed by atoms with Gasteiger partial charge in [-0.3, -0.25) is 4.68 Å². The third kappa shape index (κ3) is 1.79. The molecule has 0 aliphatic carbocycles. The van der Waals surface area contributed by atoms with E-state index in [1.54, 1.807) is 30.2 Å². The fourth-order valence-electron chi connectivity index (χ4n) is 0.960. The highest BCUT2D eigenvalue weighted by Gasteiger charge is 2.01. The maximum absolute atomic E-state index is 5.47. The Balaban J connectivity index is 2.18. The van der Waals surface area contributed by atoms with Gasteiger partial charge >= 0.3 is 6.01 Å². The lowest BCUT2D eigenvalue weighted by molar-refractivity contribution is 0.442. The summed E-state index contributed by atoms with van der Waals surface area (Å²) in [5, 5.41) is 3.94. The lowest BCUT2D eigenvalue weighted by Gasteiger charge is -1.99. The van der Waals surface area contributed by atoms with Gasteiger partial charge in [-0.1, -0.05) is 0 Å². The molecule has 0 radical (unpaired) electrons. The summed E-state index contributed by atoms with van der Waals surface area (Å²) in [4.78, 5) is 7.78. The number of aryl methyl sites for hydroxylation is 1. The molecule has 2 aromatic rings. The molecule has 2 N–H and O–H groups in total. The van der Waals surface area contributed by atoms with Gasteiger partial charge in [-0.05, 0) is 6.07 Å². The largest absolute Gasteiger partial charge is 0.421 e. The summed E-state index contributed by atoms with van der Waals surface area (Å²) in [6.07, 6.45) is 4.83. The SMILES string of the molecule is Cn1cc(Oc2nccc(N)n2)cn1. The number of nitrogen functional groups attached to an aromatic ring is 1. The van der Waals surface area contributed by atoms with Crippen LogP contribution in [0.3, 0.4) is 0 Å². The van der Waals surface area contributed by atoms with Crippen molar-refractivity contribution in [3.63, 3.8) is 0 Å². The molecule has 0 aliphatic heterocycles. The first kappa shape index (κ1) is 8.49. The number of rotatable bonds is 2. The zero-order valence-electron chi connectivity index (χ0n) is 7.58. The lowest BCUT2D eigenvalue weighted by atomic mass is 10.6. The predicted octanol–water partition coefficient (Wildman–Crippen LogP) is 0.585. The number of nitrogens with two attached hydrogens (primary N) is 1. The summed E-state index contributed by atoms with van der Waals surface area (Å²) in [7, 11) is 1.80. The molecule has 0 amide bonds. The normalized spacial score (nSPS) is 10.1. The number of hydrogen-bond donors (Lipinski definition) is 1. The Bertz CT molecular complexity index is 439. The zero-order chi connectivity index (χ0) is 9.97. The number of nitrogens with zero attached hydrogens (tertiary/aromatic N) is 4. The van der Waals surface area contributed by atoms with E-state index in [1.807, 2.05) is 0 Å². The van der Waals surface area contributed by atoms with Crippen LogP contribution in [-0.2, 0) is 7.05 Å². The van der Waals surface area contributed by atoms with Crippen LogP contribution in [0.2, 0.25) is 0 Å². The fourth-order valence-corrected chi connectivity index (χ4v) is 0.960. The van der Waals surface area contributed by atoms with Gasteiger partial charge in [0.15, 0.2) is 5.75 Å². The monoisotopic (exact) mass is 191 g/mol. The smallest absolute Gasteiger partial charge is 0.323 e. The van der Waals surface area contributed by atoms with E-state index in [0.717, 1.165) is 0 Å². The van der Waals surface area contributed by atoms with Gasteiger partial charge in [0.1, 0.15) is 5.82 Å². The Morgan fingerprint density at radius 1 is 1.50 bits per heavy atom. The van der Waals surface area contributed by atoms with Crippen LogP contribution in [0.25, 0.3) is 0 Å². The third-order valence-electron chi connectivity index (χ3n) is 1.55. The molecule has 6 nitrogen and oxygen atoms in total. The molecule has 6 heteroatoms. The molecule has 0 aliphatic rings. The summed E-state index contributed by atoms with van der Waals surface area (Å²) >= 11 is 0. The quantitative estimate of drug-likeness (QED) is 0.751. The van der Waals surface area contributed by atoms with Crippen molar-refractivity contribution in [2.45, 2.75) is 0 Å². The summed E-state index contributed by atoms with van der Waals surface area (Å²) < 4.78 is 6.92. The van der Waals surface area contributed by atoms with Crippen LogP contribution in [0.4, 0.5) is 5.82 Å². The van der Waals surface area contributed by atoms with E-state index >= 15 is 0 Å². The van der Waals surface area contributed by atoms with Gasteiger partial charge in [-0.2, -0.15) is 10.1 Å². The molecule has 2 rings (SSSR count). The molecule has 2 heterocycles. The van der Waals surface area contributed by atoms with Crippen molar-refractivity contribution in [2.24, 2.45) is 7.05 Å². The van der Waals surface area contributed by atoms with E-state index in [1.165, 1.54) is 6.20 Å². The van der Waals surface area contributed by atoms with Crippen molar-refractivity contribution in [1.29, 1.82) is 0 Å². The summed E-state index contributed by atoms with van der Waals surface area (Å²) in [6.45, 7) is 0. The van der Waals surface area contributed by atoms with E-state index in [2.05, 4.69) is 15.1 Å². The Morgan fingerprint density at radius 2 is 2.36 bits per heavy atom. The molecule has 0 spiro atoms. The van der Waals surface area contributed by atoms with Gasteiger partial charge in [0, 0.05) is 13.2 Å². The van der Waals surface area contributed by atoms with E-state index in [-0.39, 0.29) is 6.01 Å². The van der Waals surface area contributed by atoms with Crippen LogP contribution < -0.4 is 10.5 Å². The van der Waals surface area contributed by atoms with Crippen molar-refractivity contribution in [2.75, 3.05) is 5.73 Å². The number of ether oxygens (including phenoxy) is 1. The average Bonchev–Trinajstić information content (AvgIpc) is 2.51. The summed E-state index contributed by atoms with van der Waals surface area (Å²) in [5.41, 5.74) is 5.47. The second-order valence-corrected chi connectivity index (χ2v) is 2.72. The first-order chi connectivity index (χ1) is 6.74. The molecule has 0 aromatic carbocycles. The summed E-state index contributed by atoms with van der Waals surface area (Å²) in [6, 6.07) is 1.81. The minimum absolute atomic E-state index is 0.220. The molecule has 2 aromatic heterocycles. The second-order valence-electron chi connectivity index (χ2n) is 2.72. The van der Waals surface area contributed by atoms with E-state index in [0.29, 0.717) is 11.6 Å². The molecular formula is C8H9N5O. The Labute approximate surface area is 80.4 Å². The second kappa shape index (κ2) is 3.33. The van der Waals surface area contributed by atoms with E-state index < -0.39 is 0 Å². The maximum atomic E-state index is 5.47.